The number of rotatable bonds is 3. The van der Waals surface area contributed by atoms with Crippen LogP contribution in [0.1, 0.15) is 29.7 Å². The van der Waals surface area contributed by atoms with Gasteiger partial charge < -0.3 is 10.5 Å². The number of methoxy groups -OCH3 is 1. The molecule has 3 heteroatoms. The van der Waals surface area contributed by atoms with Gasteiger partial charge in [-0.15, -0.1) is 0 Å². The van der Waals surface area contributed by atoms with Crippen molar-refractivity contribution in [2.24, 2.45) is 5.73 Å². The highest BCUT2D eigenvalue weighted by Gasteiger charge is 2.10. The highest BCUT2D eigenvalue weighted by Crippen LogP contribution is 2.33. The summed E-state index contributed by atoms with van der Waals surface area (Å²) in [6.07, 6.45) is 0. The van der Waals surface area contributed by atoms with Crippen LogP contribution in [0.25, 0.3) is 11.1 Å². The van der Waals surface area contributed by atoms with E-state index in [0.29, 0.717) is 5.02 Å². The van der Waals surface area contributed by atoms with Gasteiger partial charge in [-0.1, -0.05) is 23.7 Å². The van der Waals surface area contributed by atoms with Crippen LogP contribution in [-0.4, -0.2) is 7.11 Å². The normalized spacial score (nSPS) is 12.3. The Morgan fingerprint density at radius 3 is 2.35 bits per heavy atom. The molecule has 2 rings (SSSR count). The van der Waals surface area contributed by atoms with E-state index < -0.39 is 0 Å². The predicted octanol–water partition coefficient (Wildman–Crippen LogP) is 4.65. The van der Waals surface area contributed by atoms with Gasteiger partial charge in [0.05, 0.1) is 7.11 Å². The molecule has 0 bridgehead atoms. The van der Waals surface area contributed by atoms with Gasteiger partial charge in [0.2, 0.25) is 0 Å². The van der Waals surface area contributed by atoms with Gasteiger partial charge in [-0.25, -0.2) is 0 Å². The Morgan fingerprint density at radius 2 is 1.80 bits per heavy atom. The standard InChI is InChI=1S/C17H20ClNO/c1-10-8-17(20-4)11(2)7-15(10)13-5-6-14(12(3)19)16(18)9-13/h5-9,12H,19H2,1-4H3. The summed E-state index contributed by atoms with van der Waals surface area (Å²) in [4.78, 5) is 0. The molecule has 0 amide bonds. The van der Waals surface area contributed by atoms with E-state index in [9.17, 15) is 0 Å². The third-order valence-corrected chi connectivity index (χ3v) is 3.87. The van der Waals surface area contributed by atoms with Gasteiger partial charge in [-0.05, 0) is 66.8 Å². The molecule has 2 nitrogen and oxygen atoms in total. The smallest absolute Gasteiger partial charge is 0.122 e. The average Bonchev–Trinajstić information content (AvgIpc) is 2.40. The summed E-state index contributed by atoms with van der Waals surface area (Å²) in [6, 6.07) is 10.2. The van der Waals surface area contributed by atoms with Crippen LogP contribution in [0, 0.1) is 13.8 Å². The maximum atomic E-state index is 6.32. The van der Waals surface area contributed by atoms with Crippen LogP contribution >= 0.6 is 11.6 Å². The fourth-order valence-electron chi connectivity index (χ4n) is 2.38. The number of benzene rings is 2. The Morgan fingerprint density at radius 1 is 1.10 bits per heavy atom. The van der Waals surface area contributed by atoms with Crippen LogP contribution in [0.2, 0.25) is 5.02 Å². The second kappa shape index (κ2) is 5.86. The van der Waals surface area contributed by atoms with E-state index in [2.05, 4.69) is 25.1 Å². The lowest BCUT2D eigenvalue weighted by molar-refractivity contribution is 0.411. The minimum absolute atomic E-state index is 0.0600. The molecule has 1 unspecified atom stereocenters. The molecule has 0 aliphatic carbocycles. The number of hydrogen-bond donors (Lipinski definition) is 1. The fourth-order valence-corrected chi connectivity index (χ4v) is 2.74. The van der Waals surface area contributed by atoms with Crippen molar-refractivity contribution < 1.29 is 4.74 Å². The third kappa shape index (κ3) is 2.82. The highest BCUT2D eigenvalue weighted by atomic mass is 35.5. The Kier molecular flexibility index (Phi) is 4.36. The highest BCUT2D eigenvalue weighted by molar-refractivity contribution is 6.31. The molecule has 1 atom stereocenters. The third-order valence-electron chi connectivity index (χ3n) is 3.54. The molecular weight excluding hydrogens is 270 g/mol. The SMILES string of the molecule is COc1cc(C)c(-c2ccc(C(C)N)c(Cl)c2)cc1C. The second-order valence-electron chi connectivity index (χ2n) is 5.16. The van der Waals surface area contributed by atoms with Gasteiger partial charge in [0, 0.05) is 11.1 Å². The van der Waals surface area contributed by atoms with Gasteiger partial charge in [0.25, 0.3) is 0 Å². The van der Waals surface area contributed by atoms with Crippen molar-refractivity contribution in [2.45, 2.75) is 26.8 Å². The number of aryl methyl sites for hydroxylation is 2. The molecule has 0 saturated carbocycles. The van der Waals surface area contributed by atoms with Gasteiger partial charge in [-0.3, -0.25) is 0 Å². The van der Waals surface area contributed by atoms with Crippen molar-refractivity contribution in [1.82, 2.24) is 0 Å². The molecule has 0 heterocycles. The summed E-state index contributed by atoms with van der Waals surface area (Å²) in [5, 5.41) is 0.713. The summed E-state index contributed by atoms with van der Waals surface area (Å²) in [5.41, 5.74) is 11.4. The molecule has 2 N–H and O–H groups in total. The minimum Gasteiger partial charge on any atom is -0.496 e. The topological polar surface area (TPSA) is 35.2 Å². The number of nitrogens with two attached hydrogens (primary N) is 1. The fraction of sp³-hybridized carbons (Fsp3) is 0.294. The molecule has 0 aromatic heterocycles. The van der Waals surface area contributed by atoms with Crippen LogP contribution in [0.4, 0.5) is 0 Å². The number of ether oxygens (including phenoxy) is 1. The molecule has 2 aromatic rings. The molecule has 0 radical (unpaired) electrons. The number of hydrogen-bond acceptors (Lipinski definition) is 2. The molecule has 106 valence electrons. The van der Waals surface area contributed by atoms with E-state index in [1.807, 2.05) is 26.0 Å². The van der Waals surface area contributed by atoms with E-state index in [-0.39, 0.29) is 6.04 Å². The lowest BCUT2D eigenvalue weighted by atomic mass is 9.96. The quantitative estimate of drug-likeness (QED) is 0.892. The van der Waals surface area contributed by atoms with E-state index in [1.165, 1.54) is 5.56 Å². The van der Waals surface area contributed by atoms with Crippen LogP contribution in [0.5, 0.6) is 5.75 Å². The molecule has 0 aliphatic heterocycles. The van der Waals surface area contributed by atoms with Crippen LogP contribution in [0.15, 0.2) is 30.3 Å². The Balaban J connectivity index is 2.52. The molecule has 20 heavy (non-hydrogen) atoms. The monoisotopic (exact) mass is 289 g/mol. The van der Waals surface area contributed by atoms with Crippen molar-refractivity contribution in [3.05, 3.63) is 52.0 Å². The molecule has 0 saturated heterocycles. The van der Waals surface area contributed by atoms with Crippen LogP contribution < -0.4 is 10.5 Å². The predicted molar refractivity (Wildman–Crippen MR) is 85.5 cm³/mol. The largest absolute Gasteiger partial charge is 0.496 e. The summed E-state index contributed by atoms with van der Waals surface area (Å²) in [5.74, 6) is 0.907. The van der Waals surface area contributed by atoms with Crippen LogP contribution in [0.3, 0.4) is 0 Å². The Bertz CT molecular complexity index is 635. The van der Waals surface area contributed by atoms with Gasteiger partial charge in [0.15, 0.2) is 0 Å². The first kappa shape index (κ1) is 14.9. The average molecular weight is 290 g/mol. The van der Waals surface area contributed by atoms with E-state index in [1.54, 1.807) is 7.11 Å². The van der Waals surface area contributed by atoms with E-state index >= 15 is 0 Å². The molecule has 0 fully saturated rings. The zero-order valence-corrected chi connectivity index (χ0v) is 13.1. The molecule has 0 aliphatic rings. The van der Waals surface area contributed by atoms with E-state index in [4.69, 9.17) is 22.1 Å². The van der Waals surface area contributed by atoms with Crippen molar-refractivity contribution in [3.63, 3.8) is 0 Å². The summed E-state index contributed by atoms with van der Waals surface area (Å²) in [7, 11) is 1.69. The lowest BCUT2D eigenvalue weighted by Gasteiger charge is -2.14. The summed E-state index contributed by atoms with van der Waals surface area (Å²) >= 11 is 6.32. The first-order chi connectivity index (χ1) is 9.43. The Labute approximate surface area is 125 Å². The lowest BCUT2D eigenvalue weighted by Crippen LogP contribution is -2.05. The van der Waals surface area contributed by atoms with Gasteiger partial charge in [0.1, 0.15) is 5.75 Å². The number of halogens is 1. The molecule has 0 spiro atoms. The summed E-state index contributed by atoms with van der Waals surface area (Å²) < 4.78 is 5.35. The zero-order chi connectivity index (χ0) is 14.9. The Hall–Kier alpha value is -1.51. The molecular formula is C17H20ClNO. The minimum atomic E-state index is -0.0600. The van der Waals surface area contributed by atoms with Crippen LogP contribution in [-0.2, 0) is 0 Å². The van der Waals surface area contributed by atoms with Gasteiger partial charge >= 0.3 is 0 Å². The zero-order valence-electron chi connectivity index (χ0n) is 12.3. The van der Waals surface area contributed by atoms with Crippen molar-refractivity contribution >= 4 is 11.6 Å². The van der Waals surface area contributed by atoms with Crippen molar-refractivity contribution in [2.75, 3.05) is 7.11 Å². The second-order valence-corrected chi connectivity index (χ2v) is 5.57. The first-order valence-corrected chi connectivity index (χ1v) is 7.02. The molecule has 2 aromatic carbocycles. The first-order valence-electron chi connectivity index (χ1n) is 6.64. The van der Waals surface area contributed by atoms with Crippen molar-refractivity contribution in [1.29, 1.82) is 0 Å². The van der Waals surface area contributed by atoms with Crippen molar-refractivity contribution in [3.8, 4) is 16.9 Å². The van der Waals surface area contributed by atoms with Gasteiger partial charge in [-0.2, -0.15) is 0 Å². The van der Waals surface area contributed by atoms with E-state index in [0.717, 1.165) is 28.0 Å². The summed E-state index contributed by atoms with van der Waals surface area (Å²) in [6.45, 7) is 6.05. The maximum Gasteiger partial charge on any atom is 0.122 e. The maximum absolute atomic E-state index is 6.32.